The number of carbonyl (C=O) groups excluding carboxylic acids is 1. The van der Waals surface area contributed by atoms with Gasteiger partial charge in [0.2, 0.25) is 5.91 Å². The van der Waals surface area contributed by atoms with Crippen molar-refractivity contribution in [3.63, 3.8) is 0 Å². The molecule has 31 heavy (non-hydrogen) atoms. The highest BCUT2D eigenvalue weighted by molar-refractivity contribution is 6.34. The van der Waals surface area contributed by atoms with Gasteiger partial charge >= 0.3 is 0 Å². The maximum atomic E-state index is 13.0. The van der Waals surface area contributed by atoms with E-state index < -0.39 is 18.0 Å². The van der Waals surface area contributed by atoms with E-state index >= 15 is 0 Å². The van der Waals surface area contributed by atoms with E-state index in [9.17, 15) is 13.6 Å². The molecule has 0 fully saturated rings. The first kappa shape index (κ1) is 24.3. The number of pyridine rings is 1. The van der Waals surface area contributed by atoms with E-state index in [-0.39, 0.29) is 34.7 Å². The van der Waals surface area contributed by atoms with Gasteiger partial charge in [-0.2, -0.15) is 5.10 Å². The topological polar surface area (TPSA) is 81.4 Å². The number of carbonyl (C=O) groups is 1. The second kappa shape index (κ2) is 10.4. The highest BCUT2D eigenvalue weighted by Gasteiger charge is 2.20. The maximum Gasteiger partial charge on any atom is 0.282 e. The molecular weight excluding hydrogens is 428 g/mol. The van der Waals surface area contributed by atoms with Gasteiger partial charge in [-0.05, 0) is 26.8 Å². The third-order valence-corrected chi connectivity index (χ3v) is 4.13. The Morgan fingerprint density at radius 3 is 2.71 bits per heavy atom. The maximum absolute atomic E-state index is 13.0. The quantitative estimate of drug-likeness (QED) is 0.397. The first-order chi connectivity index (χ1) is 14.5. The molecule has 2 rings (SSSR count). The predicted molar refractivity (Wildman–Crippen MR) is 114 cm³/mol. The molecular formula is C21H24ClF2N5O2. The third kappa shape index (κ3) is 7.33. The Hall–Kier alpha value is -2.99. The Balaban J connectivity index is 2.12. The summed E-state index contributed by atoms with van der Waals surface area (Å²) in [6.07, 6.45) is -0.0769. The SMILES string of the molecule is CO/N=C(\CNC(=O)Cc1cn(C)nc1C(F)F)c1ncc(C#CC(C)(C)C)cc1Cl. The number of amides is 1. The number of oxime groups is 1. The van der Waals surface area contributed by atoms with Crippen LogP contribution in [0.5, 0.6) is 0 Å². The van der Waals surface area contributed by atoms with E-state index in [1.54, 1.807) is 12.3 Å². The van der Waals surface area contributed by atoms with Gasteiger partial charge in [0.1, 0.15) is 24.2 Å². The van der Waals surface area contributed by atoms with E-state index in [0.29, 0.717) is 11.3 Å². The molecule has 0 spiro atoms. The summed E-state index contributed by atoms with van der Waals surface area (Å²) < 4.78 is 27.3. The van der Waals surface area contributed by atoms with E-state index in [1.165, 1.54) is 25.0 Å². The monoisotopic (exact) mass is 451 g/mol. The van der Waals surface area contributed by atoms with Crippen molar-refractivity contribution in [2.75, 3.05) is 13.7 Å². The van der Waals surface area contributed by atoms with Crippen molar-refractivity contribution in [1.29, 1.82) is 0 Å². The molecule has 1 N–H and O–H groups in total. The van der Waals surface area contributed by atoms with Gasteiger partial charge in [0.05, 0.1) is 18.0 Å². The smallest absolute Gasteiger partial charge is 0.282 e. The molecule has 0 saturated carbocycles. The summed E-state index contributed by atoms with van der Waals surface area (Å²) in [5, 5.41) is 10.5. The zero-order valence-corrected chi connectivity index (χ0v) is 18.7. The Labute approximate surface area is 184 Å². The summed E-state index contributed by atoms with van der Waals surface area (Å²) in [5.74, 6) is 5.62. The highest BCUT2D eigenvalue weighted by atomic mass is 35.5. The molecule has 1 amide bonds. The fourth-order valence-corrected chi connectivity index (χ4v) is 2.82. The largest absolute Gasteiger partial charge is 0.399 e. The number of halogens is 3. The summed E-state index contributed by atoms with van der Waals surface area (Å²) in [4.78, 5) is 21.4. The van der Waals surface area contributed by atoms with Crippen LogP contribution >= 0.6 is 11.6 Å². The minimum Gasteiger partial charge on any atom is -0.399 e. The number of hydrogen-bond donors (Lipinski definition) is 1. The summed E-state index contributed by atoms with van der Waals surface area (Å²) in [6.45, 7) is 5.91. The molecule has 0 aliphatic carbocycles. The fraction of sp³-hybridized carbons (Fsp3) is 0.429. The van der Waals surface area contributed by atoms with Gasteiger partial charge in [-0.1, -0.05) is 28.6 Å². The van der Waals surface area contributed by atoms with Gasteiger partial charge in [0.25, 0.3) is 6.43 Å². The Kier molecular flexibility index (Phi) is 8.11. The lowest BCUT2D eigenvalue weighted by Gasteiger charge is -2.10. The third-order valence-electron chi connectivity index (χ3n) is 3.85. The normalized spacial score (nSPS) is 11.8. The van der Waals surface area contributed by atoms with Gasteiger partial charge in [-0.25, -0.2) is 8.78 Å². The van der Waals surface area contributed by atoms with Crippen LogP contribution < -0.4 is 5.32 Å². The molecule has 0 saturated heterocycles. The van der Waals surface area contributed by atoms with Gasteiger partial charge in [0.15, 0.2) is 0 Å². The van der Waals surface area contributed by atoms with Crippen LogP contribution in [-0.2, 0) is 23.1 Å². The molecule has 0 bridgehead atoms. The molecule has 0 radical (unpaired) electrons. The van der Waals surface area contributed by atoms with Crippen LogP contribution in [-0.4, -0.2) is 40.0 Å². The van der Waals surface area contributed by atoms with Crippen LogP contribution in [0.25, 0.3) is 0 Å². The number of alkyl halides is 2. The molecule has 2 heterocycles. The van der Waals surface area contributed by atoms with Crippen LogP contribution in [0, 0.1) is 17.3 Å². The van der Waals surface area contributed by atoms with E-state index in [0.717, 1.165) is 0 Å². The lowest BCUT2D eigenvalue weighted by molar-refractivity contribution is -0.120. The highest BCUT2D eigenvalue weighted by Crippen LogP contribution is 2.21. The van der Waals surface area contributed by atoms with E-state index in [1.807, 2.05) is 20.8 Å². The van der Waals surface area contributed by atoms with Crippen molar-refractivity contribution in [1.82, 2.24) is 20.1 Å². The van der Waals surface area contributed by atoms with Crippen LogP contribution in [0.1, 0.15) is 49.7 Å². The molecule has 2 aromatic rings. The van der Waals surface area contributed by atoms with Crippen molar-refractivity contribution in [3.8, 4) is 11.8 Å². The summed E-state index contributed by atoms with van der Waals surface area (Å²) in [5.41, 5.74) is 0.798. The number of aromatic nitrogens is 3. The Bertz CT molecular complexity index is 1030. The average molecular weight is 452 g/mol. The van der Waals surface area contributed by atoms with Gasteiger partial charge in [-0.15, -0.1) is 0 Å². The van der Waals surface area contributed by atoms with Crippen LogP contribution in [0.2, 0.25) is 5.02 Å². The van der Waals surface area contributed by atoms with Gasteiger partial charge in [-0.3, -0.25) is 14.5 Å². The van der Waals surface area contributed by atoms with Crippen molar-refractivity contribution in [2.45, 2.75) is 33.6 Å². The van der Waals surface area contributed by atoms with Crippen molar-refractivity contribution < 1.29 is 18.4 Å². The Morgan fingerprint density at radius 2 is 2.13 bits per heavy atom. The van der Waals surface area contributed by atoms with Crippen molar-refractivity contribution in [2.24, 2.45) is 17.6 Å². The number of nitrogens with zero attached hydrogens (tertiary/aromatic N) is 4. The number of rotatable bonds is 7. The second-order valence-corrected chi connectivity index (χ2v) is 8.15. The molecule has 0 aliphatic heterocycles. The number of aryl methyl sites for hydroxylation is 1. The minimum absolute atomic E-state index is 0.0588. The predicted octanol–water partition coefficient (Wildman–Crippen LogP) is 3.51. The van der Waals surface area contributed by atoms with Gasteiger partial charge < -0.3 is 10.2 Å². The summed E-state index contributed by atoms with van der Waals surface area (Å²) in [6, 6.07) is 1.65. The zero-order chi connectivity index (χ0) is 23.2. The van der Waals surface area contributed by atoms with Gasteiger partial charge in [0, 0.05) is 36.0 Å². The standard InChI is InChI=1S/C21H24ClF2N5O2/c1-21(2,3)7-6-13-8-15(22)19(26-10-13)16(28-31-5)11-25-17(30)9-14-12-29(4)27-18(14)20(23)24/h8,10,12,20H,9,11H2,1-5H3,(H,25,30)/b28-16+. The molecule has 7 nitrogen and oxygen atoms in total. The molecule has 0 aromatic carbocycles. The first-order valence-corrected chi connectivity index (χ1v) is 9.74. The fourth-order valence-electron chi connectivity index (χ4n) is 2.54. The lowest BCUT2D eigenvalue weighted by Crippen LogP contribution is -2.32. The minimum atomic E-state index is -2.77. The van der Waals surface area contributed by atoms with Crippen LogP contribution in [0.4, 0.5) is 8.78 Å². The molecule has 0 atom stereocenters. The first-order valence-electron chi connectivity index (χ1n) is 9.36. The Morgan fingerprint density at radius 1 is 1.42 bits per heavy atom. The molecule has 2 aromatic heterocycles. The molecule has 166 valence electrons. The number of hydrogen-bond acceptors (Lipinski definition) is 5. The number of nitrogens with one attached hydrogen (secondary N) is 1. The van der Waals surface area contributed by atoms with E-state index in [2.05, 4.69) is 32.4 Å². The van der Waals surface area contributed by atoms with Crippen LogP contribution in [0.3, 0.4) is 0 Å². The second-order valence-electron chi connectivity index (χ2n) is 7.74. The zero-order valence-electron chi connectivity index (χ0n) is 18.0. The van der Waals surface area contributed by atoms with E-state index in [4.69, 9.17) is 16.4 Å². The van der Waals surface area contributed by atoms with Crippen molar-refractivity contribution in [3.05, 3.63) is 46.0 Å². The van der Waals surface area contributed by atoms with Crippen LogP contribution in [0.15, 0.2) is 23.6 Å². The lowest BCUT2D eigenvalue weighted by atomic mass is 9.97. The molecule has 0 unspecified atom stereocenters. The average Bonchev–Trinajstić information content (AvgIpc) is 3.03. The summed E-state index contributed by atoms with van der Waals surface area (Å²) in [7, 11) is 2.86. The molecule has 0 aliphatic rings. The molecule has 10 heteroatoms. The van der Waals surface area contributed by atoms with Crippen molar-refractivity contribution >= 4 is 23.2 Å². The summed E-state index contributed by atoms with van der Waals surface area (Å²) >= 11 is 6.34.